The second-order valence-corrected chi connectivity index (χ2v) is 8.09. The molecule has 0 bridgehead atoms. The molecule has 0 spiro atoms. The van der Waals surface area contributed by atoms with E-state index < -0.39 is 0 Å². The molecular formula is C24H22ClN5O2. The van der Waals surface area contributed by atoms with Crippen LogP contribution in [0.5, 0.6) is 0 Å². The summed E-state index contributed by atoms with van der Waals surface area (Å²) in [4.78, 5) is 21.7. The monoisotopic (exact) mass is 447 g/mol. The molecular weight excluding hydrogens is 426 g/mol. The number of carbonyl (C=O) groups excluding carboxylic acids is 1. The maximum absolute atomic E-state index is 13.0. The molecule has 1 saturated heterocycles. The number of hydrogen-bond donors (Lipinski definition) is 0. The van der Waals surface area contributed by atoms with E-state index in [1.807, 2.05) is 58.1 Å². The number of rotatable bonds is 5. The van der Waals surface area contributed by atoms with Crippen LogP contribution in [0.25, 0.3) is 23.0 Å². The summed E-state index contributed by atoms with van der Waals surface area (Å²) in [5, 5.41) is 4.68. The van der Waals surface area contributed by atoms with E-state index in [1.165, 1.54) is 5.69 Å². The number of para-hydroxylation sites is 1. The molecule has 1 fully saturated rings. The van der Waals surface area contributed by atoms with Gasteiger partial charge in [-0.25, -0.2) is 0 Å². The van der Waals surface area contributed by atoms with E-state index in [4.69, 9.17) is 16.1 Å². The molecule has 7 nitrogen and oxygen atoms in total. The number of hydrogen-bond acceptors (Lipinski definition) is 5. The Labute approximate surface area is 190 Å². The molecule has 8 heteroatoms. The zero-order valence-electron chi connectivity index (χ0n) is 17.4. The van der Waals surface area contributed by atoms with Gasteiger partial charge >= 0.3 is 0 Å². The Bertz CT molecular complexity index is 1210. The van der Waals surface area contributed by atoms with Gasteiger partial charge in [-0.2, -0.15) is 4.98 Å². The highest BCUT2D eigenvalue weighted by atomic mass is 35.5. The third kappa shape index (κ3) is 4.24. The van der Waals surface area contributed by atoms with Crippen LogP contribution in [0.15, 0.2) is 77.4 Å². The summed E-state index contributed by atoms with van der Waals surface area (Å²) in [6.07, 6.45) is 1.86. The van der Waals surface area contributed by atoms with Crippen molar-refractivity contribution in [2.45, 2.75) is 6.54 Å². The Morgan fingerprint density at radius 1 is 0.969 bits per heavy atom. The molecule has 3 heterocycles. The summed E-state index contributed by atoms with van der Waals surface area (Å²) in [6, 6.07) is 21.3. The topological polar surface area (TPSA) is 67.4 Å². The van der Waals surface area contributed by atoms with Crippen LogP contribution in [-0.4, -0.2) is 51.7 Å². The van der Waals surface area contributed by atoms with Gasteiger partial charge in [0.15, 0.2) is 0 Å². The summed E-state index contributed by atoms with van der Waals surface area (Å²) in [6.45, 7) is 3.26. The van der Waals surface area contributed by atoms with Crippen molar-refractivity contribution in [1.82, 2.24) is 19.6 Å². The molecule has 32 heavy (non-hydrogen) atoms. The number of aromatic nitrogens is 3. The average molecular weight is 448 g/mol. The number of amides is 1. The SMILES string of the molecule is O=C(Cn1cccc1-c1nc(-c2cccc(Cl)c2)no1)N1CCN(c2ccccc2)CC1. The van der Waals surface area contributed by atoms with Crippen LogP contribution in [0.4, 0.5) is 5.69 Å². The van der Waals surface area contributed by atoms with Gasteiger partial charge in [0.2, 0.25) is 11.7 Å². The van der Waals surface area contributed by atoms with Crippen molar-refractivity contribution in [3.8, 4) is 23.0 Å². The molecule has 0 atom stereocenters. The minimum Gasteiger partial charge on any atom is -0.368 e. The van der Waals surface area contributed by atoms with Gasteiger partial charge in [-0.05, 0) is 36.4 Å². The van der Waals surface area contributed by atoms with E-state index in [0.29, 0.717) is 35.5 Å². The molecule has 0 aliphatic carbocycles. The van der Waals surface area contributed by atoms with Crippen molar-refractivity contribution >= 4 is 23.2 Å². The molecule has 4 aromatic rings. The summed E-state index contributed by atoms with van der Waals surface area (Å²) >= 11 is 6.07. The lowest BCUT2D eigenvalue weighted by atomic mass is 10.2. The van der Waals surface area contributed by atoms with E-state index in [2.05, 4.69) is 27.2 Å². The van der Waals surface area contributed by atoms with Gasteiger partial charge < -0.3 is 18.9 Å². The first-order valence-corrected chi connectivity index (χ1v) is 10.9. The third-order valence-electron chi connectivity index (χ3n) is 5.62. The number of nitrogens with zero attached hydrogens (tertiary/aromatic N) is 5. The van der Waals surface area contributed by atoms with Crippen molar-refractivity contribution in [2.24, 2.45) is 0 Å². The molecule has 0 radical (unpaired) electrons. The molecule has 2 aromatic carbocycles. The van der Waals surface area contributed by atoms with E-state index in [9.17, 15) is 4.79 Å². The quantitative estimate of drug-likeness (QED) is 0.458. The molecule has 1 amide bonds. The molecule has 1 aliphatic rings. The number of anilines is 1. The summed E-state index contributed by atoms with van der Waals surface area (Å²) in [7, 11) is 0. The fourth-order valence-electron chi connectivity index (χ4n) is 3.92. The normalized spacial score (nSPS) is 14.0. The predicted octanol–water partition coefficient (Wildman–Crippen LogP) is 4.21. The minimum atomic E-state index is 0.0738. The van der Waals surface area contributed by atoms with E-state index in [-0.39, 0.29) is 12.5 Å². The Kier molecular flexibility index (Phi) is 5.64. The lowest BCUT2D eigenvalue weighted by molar-refractivity contribution is -0.132. The Balaban J connectivity index is 1.25. The Morgan fingerprint density at radius 2 is 1.78 bits per heavy atom. The first kappa shape index (κ1) is 20.3. The Hall–Kier alpha value is -3.58. The minimum absolute atomic E-state index is 0.0738. The predicted molar refractivity (Wildman–Crippen MR) is 123 cm³/mol. The van der Waals surface area contributed by atoms with Crippen molar-refractivity contribution in [2.75, 3.05) is 31.1 Å². The molecule has 0 saturated carbocycles. The molecule has 0 unspecified atom stereocenters. The van der Waals surface area contributed by atoms with Gasteiger partial charge in [0, 0.05) is 48.6 Å². The van der Waals surface area contributed by atoms with Crippen LogP contribution in [0.3, 0.4) is 0 Å². The standard InChI is InChI=1S/C24H22ClN5O2/c25-19-7-4-6-18(16-19)23-26-24(32-27-23)21-10-5-11-30(21)17-22(31)29-14-12-28(13-15-29)20-8-2-1-3-9-20/h1-11,16H,12-15,17H2. The lowest BCUT2D eigenvalue weighted by Crippen LogP contribution is -2.49. The van der Waals surface area contributed by atoms with Crippen molar-refractivity contribution in [3.63, 3.8) is 0 Å². The summed E-state index contributed by atoms with van der Waals surface area (Å²) in [5.74, 6) is 0.898. The van der Waals surface area contributed by atoms with Crippen LogP contribution < -0.4 is 4.90 Å². The Morgan fingerprint density at radius 3 is 2.56 bits per heavy atom. The zero-order chi connectivity index (χ0) is 21.9. The van der Waals surface area contributed by atoms with Crippen molar-refractivity contribution in [3.05, 3.63) is 77.9 Å². The largest absolute Gasteiger partial charge is 0.368 e. The molecule has 5 rings (SSSR count). The van der Waals surface area contributed by atoms with Crippen LogP contribution in [-0.2, 0) is 11.3 Å². The van der Waals surface area contributed by atoms with Gasteiger partial charge in [0.1, 0.15) is 12.2 Å². The van der Waals surface area contributed by atoms with E-state index >= 15 is 0 Å². The first-order chi connectivity index (χ1) is 15.7. The number of carbonyl (C=O) groups is 1. The zero-order valence-corrected chi connectivity index (χ0v) is 18.2. The molecule has 0 N–H and O–H groups in total. The van der Waals surface area contributed by atoms with Crippen LogP contribution >= 0.6 is 11.6 Å². The highest BCUT2D eigenvalue weighted by Crippen LogP contribution is 2.25. The van der Waals surface area contributed by atoms with Crippen molar-refractivity contribution in [1.29, 1.82) is 0 Å². The average Bonchev–Trinajstić information content (AvgIpc) is 3.49. The highest BCUT2D eigenvalue weighted by molar-refractivity contribution is 6.30. The van der Waals surface area contributed by atoms with Crippen LogP contribution in [0, 0.1) is 0 Å². The third-order valence-corrected chi connectivity index (χ3v) is 5.85. The molecule has 2 aromatic heterocycles. The van der Waals surface area contributed by atoms with Gasteiger partial charge in [-0.1, -0.05) is 47.1 Å². The number of halogens is 1. The maximum atomic E-state index is 13.0. The highest BCUT2D eigenvalue weighted by Gasteiger charge is 2.23. The van der Waals surface area contributed by atoms with Gasteiger partial charge in [-0.3, -0.25) is 4.79 Å². The van der Waals surface area contributed by atoms with Crippen molar-refractivity contribution < 1.29 is 9.32 Å². The van der Waals surface area contributed by atoms with E-state index in [1.54, 1.807) is 12.1 Å². The summed E-state index contributed by atoms with van der Waals surface area (Å²) < 4.78 is 7.33. The number of piperazine rings is 1. The fraction of sp³-hybridized carbons (Fsp3) is 0.208. The number of benzene rings is 2. The van der Waals surface area contributed by atoms with Gasteiger partial charge in [-0.15, -0.1) is 0 Å². The molecule has 1 aliphatic heterocycles. The van der Waals surface area contributed by atoms with Crippen LogP contribution in [0.2, 0.25) is 5.02 Å². The van der Waals surface area contributed by atoms with Gasteiger partial charge in [0.05, 0.1) is 0 Å². The van der Waals surface area contributed by atoms with Gasteiger partial charge in [0.25, 0.3) is 5.89 Å². The summed E-state index contributed by atoms with van der Waals surface area (Å²) in [5.41, 5.74) is 2.68. The first-order valence-electron chi connectivity index (χ1n) is 10.5. The lowest BCUT2D eigenvalue weighted by Gasteiger charge is -2.36. The fourth-order valence-corrected chi connectivity index (χ4v) is 4.11. The second-order valence-electron chi connectivity index (χ2n) is 7.66. The maximum Gasteiger partial charge on any atom is 0.274 e. The second kappa shape index (κ2) is 8.88. The van der Waals surface area contributed by atoms with Crippen LogP contribution in [0.1, 0.15) is 0 Å². The smallest absolute Gasteiger partial charge is 0.274 e. The van der Waals surface area contributed by atoms with E-state index in [0.717, 1.165) is 18.7 Å². The molecule has 162 valence electrons.